The van der Waals surface area contributed by atoms with Crippen molar-refractivity contribution in [3.05, 3.63) is 52.3 Å². The van der Waals surface area contributed by atoms with E-state index < -0.39 is 17.7 Å². The summed E-state index contributed by atoms with van der Waals surface area (Å²) < 4.78 is 28.5. The third kappa shape index (κ3) is 3.58. The first-order chi connectivity index (χ1) is 9.90. The van der Waals surface area contributed by atoms with Gasteiger partial charge in [-0.05, 0) is 32.3 Å². The van der Waals surface area contributed by atoms with E-state index in [0.29, 0.717) is 13.1 Å². The van der Waals surface area contributed by atoms with Gasteiger partial charge in [0, 0.05) is 12.1 Å². The van der Waals surface area contributed by atoms with Crippen LogP contribution in [0.3, 0.4) is 0 Å². The lowest BCUT2D eigenvalue weighted by Gasteiger charge is -2.17. The van der Waals surface area contributed by atoms with E-state index in [1.54, 1.807) is 0 Å². The Bertz CT molecular complexity index is 631. The van der Waals surface area contributed by atoms with Crippen molar-refractivity contribution < 1.29 is 13.9 Å². The first-order valence-corrected chi connectivity index (χ1v) is 6.77. The van der Waals surface area contributed by atoms with Crippen LogP contribution in [0.4, 0.5) is 8.78 Å². The van der Waals surface area contributed by atoms with Gasteiger partial charge in [0.15, 0.2) is 0 Å². The fourth-order valence-corrected chi connectivity index (χ4v) is 2.23. The second kappa shape index (κ2) is 6.51. The predicted octanol–water partition coefficient (Wildman–Crippen LogP) is 2.46. The molecule has 21 heavy (non-hydrogen) atoms. The molecule has 0 aliphatic heterocycles. The summed E-state index contributed by atoms with van der Waals surface area (Å²) in [6.45, 7) is 1.15. The molecule has 2 rings (SSSR count). The number of aromatic nitrogens is 2. The van der Waals surface area contributed by atoms with Gasteiger partial charge in [0.1, 0.15) is 17.7 Å². The summed E-state index contributed by atoms with van der Waals surface area (Å²) in [5, 5.41) is 14.6. The molecule has 0 aliphatic rings. The van der Waals surface area contributed by atoms with Gasteiger partial charge in [-0.25, -0.2) is 8.78 Å². The van der Waals surface area contributed by atoms with Crippen LogP contribution in [-0.2, 0) is 6.54 Å². The van der Waals surface area contributed by atoms with Crippen molar-refractivity contribution in [3.63, 3.8) is 0 Å². The number of nitrogens with zero attached hydrogens (tertiary/aromatic N) is 3. The fourth-order valence-electron chi connectivity index (χ4n) is 1.99. The minimum absolute atomic E-state index is 0.163. The Morgan fingerprint density at radius 2 is 2.10 bits per heavy atom. The third-order valence-electron chi connectivity index (χ3n) is 3.10. The highest BCUT2D eigenvalue weighted by molar-refractivity contribution is 6.31. The van der Waals surface area contributed by atoms with Crippen molar-refractivity contribution >= 4 is 11.6 Å². The van der Waals surface area contributed by atoms with Gasteiger partial charge >= 0.3 is 0 Å². The quantitative estimate of drug-likeness (QED) is 0.921. The molecule has 0 radical (unpaired) electrons. The van der Waals surface area contributed by atoms with Gasteiger partial charge in [0.25, 0.3) is 0 Å². The van der Waals surface area contributed by atoms with Crippen LogP contribution in [-0.4, -0.2) is 40.4 Å². The second-order valence-electron chi connectivity index (χ2n) is 4.97. The number of aliphatic hydroxyl groups is 1. The molecule has 0 saturated heterocycles. The van der Waals surface area contributed by atoms with Gasteiger partial charge in [-0.1, -0.05) is 11.6 Å². The monoisotopic (exact) mass is 315 g/mol. The normalized spacial score (nSPS) is 12.9. The number of aliphatic hydroxyl groups excluding tert-OH is 1. The molecular weight excluding hydrogens is 300 g/mol. The van der Waals surface area contributed by atoms with Crippen molar-refractivity contribution in [2.45, 2.75) is 12.6 Å². The maximum Gasteiger partial charge on any atom is 0.129 e. The molecule has 0 saturated carbocycles. The molecule has 0 aliphatic carbocycles. The summed E-state index contributed by atoms with van der Waals surface area (Å²) in [6, 6.07) is 2.93. The standard InChI is InChI=1S/C14H16ClF2N3O/c1-19(2)5-6-20-13(11(15)8-18-20)14(21)10-7-9(16)3-4-12(10)17/h3-4,7-8,14,21H,5-6H2,1-2H3. The second-order valence-corrected chi connectivity index (χ2v) is 5.38. The molecule has 7 heteroatoms. The molecule has 4 nitrogen and oxygen atoms in total. The zero-order valence-corrected chi connectivity index (χ0v) is 12.5. The van der Waals surface area contributed by atoms with Crippen LogP contribution in [0.15, 0.2) is 24.4 Å². The third-order valence-corrected chi connectivity index (χ3v) is 3.40. The van der Waals surface area contributed by atoms with E-state index in [9.17, 15) is 13.9 Å². The van der Waals surface area contributed by atoms with Crippen LogP contribution >= 0.6 is 11.6 Å². The number of benzene rings is 1. The largest absolute Gasteiger partial charge is 0.382 e. The molecule has 1 aromatic heterocycles. The van der Waals surface area contributed by atoms with Gasteiger partial charge in [-0.2, -0.15) is 5.10 Å². The van der Waals surface area contributed by atoms with Crippen molar-refractivity contribution in [2.75, 3.05) is 20.6 Å². The smallest absolute Gasteiger partial charge is 0.129 e. The molecule has 0 bridgehead atoms. The van der Waals surface area contributed by atoms with Crippen molar-refractivity contribution in [2.24, 2.45) is 0 Å². The van der Waals surface area contributed by atoms with E-state index in [2.05, 4.69) is 5.10 Å². The average Bonchev–Trinajstić information content (AvgIpc) is 2.79. The Kier molecular flexibility index (Phi) is 4.92. The summed E-state index contributed by atoms with van der Waals surface area (Å²) in [5.41, 5.74) is 0.0894. The molecular formula is C14H16ClF2N3O. The number of rotatable bonds is 5. The van der Waals surface area contributed by atoms with Gasteiger partial charge in [-0.3, -0.25) is 4.68 Å². The summed E-state index contributed by atoms with van der Waals surface area (Å²) in [6.07, 6.45) is 0.00494. The van der Waals surface area contributed by atoms with Crippen molar-refractivity contribution in [1.82, 2.24) is 14.7 Å². The first kappa shape index (κ1) is 15.9. The Morgan fingerprint density at radius 3 is 2.76 bits per heavy atom. The minimum atomic E-state index is -1.38. The van der Waals surface area contributed by atoms with Crippen LogP contribution in [0.1, 0.15) is 17.4 Å². The van der Waals surface area contributed by atoms with Crippen LogP contribution in [0, 0.1) is 11.6 Å². The SMILES string of the molecule is CN(C)CCn1ncc(Cl)c1C(O)c1cc(F)ccc1F. The van der Waals surface area contributed by atoms with Crippen LogP contribution in [0.25, 0.3) is 0 Å². The number of halogens is 3. The molecule has 1 unspecified atom stereocenters. The molecule has 1 heterocycles. The lowest BCUT2D eigenvalue weighted by Crippen LogP contribution is -2.21. The number of likely N-dealkylation sites (N-methyl/N-ethyl adjacent to an activating group) is 1. The number of hydrogen-bond acceptors (Lipinski definition) is 3. The van der Waals surface area contributed by atoms with Crippen molar-refractivity contribution in [1.29, 1.82) is 0 Å². The number of hydrogen-bond donors (Lipinski definition) is 1. The van der Waals surface area contributed by atoms with E-state index in [4.69, 9.17) is 11.6 Å². The van der Waals surface area contributed by atoms with E-state index in [1.165, 1.54) is 10.9 Å². The maximum absolute atomic E-state index is 13.8. The first-order valence-electron chi connectivity index (χ1n) is 6.39. The Morgan fingerprint density at radius 1 is 1.38 bits per heavy atom. The Hall–Kier alpha value is -1.50. The molecule has 114 valence electrons. The van der Waals surface area contributed by atoms with E-state index in [1.807, 2.05) is 19.0 Å². The zero-order valence-electron chi connectivity index (χ0n) is 11.7. The van der Waals surface area contributed by atoms with Gasteiger partial charge < -0.3 is 10.0 Å². The maximum atomic E-state index is 13.8. The lowest BCUT2D eigenvalue weighted by atomic mass is 10.1. The summed E-state index contributed by atoms with van der Waals surface area (Å²) in [4.78, 5) is 1.94. The topological polar surface area (TPSA) is 41.3 Å². The molecule has 0 fully saturated rings. The highest BCUT2D eigenvalue weighted by Gasteiger charge is 2.23. The van der Waals surface area contributed by atoms with E-state index in [0.717, 1.165) is 18.2 Å². The van der Waals surface area contributed by atoms with Crippen LogP contribution < -0.4 is 0 Å². The lowest BCUT2D eigenvalue weighted by molar-refractivity contribution is 0.200. The molecule has 0 amide bonds. The van der Waals surface area contributed by atoms with Gasteiger partial charge in [-0.15, -0.1) is 0 Å². The van der Waals surface area contributed by atoms with E-state index in [-0.39, 0.29) is 16.3 Å². The summed E-state index contributed by atoms with van der Waals surface area (Å²) in [7, 11) is 3.79. The molecule has 1 N–H and O–H groups in total. The Balaban J connectivity index is 2.36. The minimum Gasteiger partial charge on any atom is -0.382 e. The molecule has 0 spiro atoms. The van der Waals surface area contributed by atoms with Crippen LogP contribution in [0.2, 0.25) is 5.02 Å². The molecule has 2 aromatic rings. The average molecular weight is 316 g/mol. The van der Waals surface area contributed by atoms with Gasteiger partial charge in [0.2, 0.25) is 0 Å². The molecule has 1 atom stereocenters. The summed E-state index contributed by atoms with van der Waals surface area (Å²) in [5.74, 6) is -1.32. The highest BCUT2D eigenvalue weighted by atomic mass is 35.5. The van der Waals surface area contributed by atoms with Gasteiger partial charge in [0.05, 0.1) is 23.5 Å². The Labute approximate surface area is 126 Å². The van der Waals surface area contributed by atoms with Crippen LogP contribution in [0.5, 0.6) is 0 Å². The summed E-state index contributed by atoms with van der Waals surface area (Å²) >= 11 is 6.02. The van der Waals surface area contributed by atoms with E-state index >= 15 is 0 Å². The fraction of sp³-hybridized carbons (Fsp3) is 0.357. The highest BCUT2D eigenvalue weighted by Crippen LogP contribution is 2.30. The zero-order chi connectivity index (χ0) is 15.6. The van der Waals surface area contributed by atoms with Crippen molar-refractivity contribution in [3.8, 4) is 0 Å². The predicted molar refractivity (Wildman–Crippen MR) is 76.2 cm³/mol. The molecule has 1 aromatic carbocycles.